The number of hydrogen-bond donors (Lipinski definition) is 4. The predicted molar refractivity (Wildman–Crippen MR) is 130 cm³/mol. The van der Waals surface area contributed by atoms with Gasteiger partial charge in [-0.05, 0) is 37.8 Å². The van der Waals surface area contributed by atoms with E-state index < -0.39 is 50.1 Å². The van der Waals surface area contributed by atoms with Crippen LogP contribution in [0, 0.1) is 0 Å². The second-order valence-electron chi connectivity index (χ2n) is 7.75. The molecule has 0 unspecified atom stereocenters. The van der Waals surface area contributed by atoms with Gasteiger partial charge in [0.05, 0.1) is 46.1 Å². The number of nitrogens with one attached hydrogen (secondary N) is 2. The van der Waals surface area contributed by atoms with Gasteiger partial charge in [0.25, 0.3) is 0 Å². The van der Waals surface area contributed by atoms with Crippen molar-refractivity contribution in [2.45, 2.75) is 25.7 Å². The Bertz CT molecular complexity index is 738. The molecule has 0 rings (SSSR count). The average Bonchev–Trinajstić information content (AvgIpc) is 2.81. The lowest BCUT2D eigenvalue weighted by Crippen LogP contribution is -2.47. The van der Waals surface area contributed by atoms with E-state index in [4.69, 9.17) is 19.7 Å². The molecular weight excluding hydrogens is 492 g/mol. The van der Waals surface area contributed by atoms with Crippen molar-refractivity contribution in [3.8, 4) is 0 Å². The molecule has 0 heterocycles. The van der Waals surface area contributed by atoms with E-state index in [0.29, 0.717) is 38.8 Å². The molecule has 0 radical (unpaired) electrons. The van der Waals surface area contributed by atoms with Gasteiger partial charge in [-0.3, -0.25) is 38.6 Å². The standard InChI is InChI=1S/C23H36N4O10/c1-3-18(28)24-9-5-7-11-36-22(34)15-26(13-20(30)31)17-27(14-21(32)33)16-23(35)37-12-8-6-10-25-19(29)4-2/h3-4H,1-2,5-17H2,(H,24,28)(H,25,29)(H,30,31)(H,32,33). The highest BCUT2D eigenvalue weighted by atomic mass is 16.5. The third-order valence-electron chi connectivity index (χ3n) is 4.46. The normalized spacial score (nSPS) is 10.4. The van der Waals surface area contributed by atoms with Gasteiger partial charge in [-0.15, -0.1) is 0 Å². The van der Waals surface area contributed by atoms with Gasteiger partial charge in [-0.2, -0.15) is 0 Å². The Balaban J connectivity index is 4.62. The van der Waals surface area contributed by atoms with Gasteiger partial charge in [-0.1, -0.05) is 13.2 Å². The van der Waals surface area contributed by atoms with Crippen molar-refractivity contribution in [2.24, 2.45) is 0 Å². The number of carboxylic acids is 2. The molecule has 14 heteroatoms. The summed E-state index contributed by atoms with van der Waals surface area (Å²) in [5.74, 6) is -4.59. The van der Waals surface area contributed by atoms with Crippen LogP contribution in [0.2, 0.25) is 0 Å². The van der Waals surface area contributed by atoms with Crippen LogP contribution >= 0.6 is 0 Å². The molecule has 0 aromatic heterocycles. The van der Waals surface area contributed by atoms with Crippen LogP contribution in [0.4, 0.5) is 0 Å². The number of hydrogen-bond acceptors (Lipinski definition) is 10. The van der Waals surface area contributed by atoms with Gasteiger partial charge in [0.15, 0.2) is 0 Å². The number of amides is 2. The zero-order valence-electron chi connectivity index (χ0n) is 20.8. The fourth-order valence-electron chi connectivity index (χ4n) is 2.83. The maximum atomic E-state index is 12.1. The number of unbranched alkanes of at least 4 members (excludes halogenated alkanes) is 2. The molecule has 0 spiro atoms. The van der Waals surface area contributed by atoms with Gasteiger partial charge in [0.1, 0.15) is 0 Å². The minimum Gasteiger partial charge on any atom is -0.480 e. The zero-order chi connectivity index (χ0) is 28.1. The molecule has 208 valence electrons. The molecule has 0 saturated carbocycles. The summed E-state index contributed by atoms with van der Waals surface area (Å²) >= 11 is 0. The summed E-state index contributed by atoms with van der Waals surface area (Å²) < 4.78 is 10.1. The molecule has 0 atom stereocenters. The number of carboxylic acid groups (broad SMARTS) is 2. The van der Waals surface area contributed by atoms with E-state index in [2.05, 4.69) is 23.8 Å². The molecule has 0 aromatic rings. The fourth-order valence-corrected chi connectivity index (χ4v) is 2.83. The smallest absolute Gasteiger partial charge is 0.320 e. The summed E-state index contributed by atoms with van der Waals surface area (Å²) in [7, 11) is 0. The first-order chi connectivity index (χ1) is 17.6. The van der Waals surface area contributed by atoms with Crippen LogP contribution < -0.4 is 10.6 Å². The number of ether oxygens (including phenoxy) is 2. The van der Waals surface area contributed by atoms with E-state index in [1.54, 1.807) is 0 Å². The van der Waals surface area contributed by atoms with Crippen molar-refractivity contribution in [1.82, 2.24) is 20.4 Å². The summed E-state index contributed by atoms with van der Waals surface area (Å²) in [5.41, 5.74) is 0. The van der Waals surface area contributed by atoms with Crippen LogP contribution in [0.25, 0.3) is 0 Å². The first kappa shape index (κ1) is 33.2. The Morgan fingerprint density at radius 3 is 1.35 bits per heavy atom. The lowest BCUT2D eigenvalue weighted by molar-refractivity contribution is -0.149. The van der Waals surface area contributed by atoms with E-state index in [-0.39, 0.29) is 31.7 Å². The lowest BCUT2D eigenvalue weighted by atomic mass is 10.3. The summed E-state index contributed by atoms with van der Waals surface area (Å²) in [6, 6.07) is 0. The van der Waals surface area contributed by atoms with Crippen LogP contribution in [-0.4, -0.2) is 115 Å². The topological polar surface area (TPSA) is 192 Å². The van der Waals surface area contributed by atoms with E-state index in [0.717, 1.165) is 22.0 Å². The molecule has 0 aromatic carbocycles. The van der Waals surface area contributed by atoms with Gasteiger partial charge in [0, 0.05) is 13.1 Å². The molecule has 0 saturated heterocycles. The second kappa shape index (κ2) is 20.4. The van der Waals surface area contributed by atoms with Crippen molar-refractivity contribution in [3.05, 3.63) is 25.3 Å². The minimum absolute atomic E-state index is 0.0478. The molecule has 0 bridgehead atoms. The quantitative estimate of drug-likeness (QED) is 0.0579. The molecule has 37 heavy (non-hydrogen) atoms. The Kier molecular flexibility index (Phi) is 18.3. The SMILES string of the molecule is C=CC(=O)NCCCCOC(=O)CN(CC(=O)O)CN(CC(=O)O)CC(=O)OCCCCNC(=O)C=C. The number of rotatable bonds is 22. The average molecular weight is 529 g/mol. The van der Waals surface area contributed by atoms with Gasteiger partial charge in [0.2, 0.25) is 11.8 Å². The first-order valence-corrected chi connectivity index (χ1v) is 11.6. The van der Waals surface area contributed by atoms with E-state index in [1.807, 2.05) is 0 Å². The van der Waals surface area contributed by atoms with Crippen molar-refractivity contribution < 1.29 is 48.5 Å². The monoisotopic (exact) mass is 528 g/mol. The second-order valence-corrected chi connectivity index (χ2v) is 7.75. The molecule has 0 aliphatic carbocycles. The van der Waals surface area contributed by atoms with Gasteiger partial charge < -0.3 is 30.3 Å². The molecule has 14 nitrogen and oxygen atoms in total. The van der Waals surface area contributed by atoms with Crippen molar-refractivity contribution in [1.29, 1.82) is 0 Å². The summed E-state index contributed by atoms with van der Waals surface area (Å²) in [5, 5.41) is 23.5. The highest BCUT2D eigenvalue weighted by molar-refractivity contribution is 5.87. The van der Waals surface area contributed by atoms with Crippen LogP contribution in [0.15, 0.2) is 25.3 Å². The van der Waals surface area contributed by atoms with Crippen LogP contribution in [0.1, 0.15) is 25.7 Å². The molecular formula is C23H36N4O10. The van der Waals surface area contributed by atoms with Crippen LogP contribution in [-0.2, 0) is 38.2 Å². The Labute approximate surface area is 215 Å². The van der Waals surface area contributed by atoms with Gasteiger partial charge in [-0.25, -0.2) is 0 Å². The van der Waals surface area contributed by atoms with E-state index >= 15 is 0 Å². The lowest BCUT2D eigenvalue weighted by Gasteiger charge is -2.27. The number of aliphatic carboxylic acids is 2. The van der Waals surface area contributed by atoms with Crippen molar-refractivity contribution in [2.75, 3.05) is 59.2 Å². The number of esters is 2. The van der Waals surface area contributed by atoms with E-state index in [1.165, 1.54) is 0 Å². The largest absolute Gasteiger partial charge is 0.480 e. The number of carbonyl (C=O) groups excluding carboxylic acids is 4. The summed E-state index contributed by atoms with van der Waals surface area (Å²) in [4.78, 5) is 71.1. The number of carbonyl (C=O) groups is 6. The molecule has 2 amide bonds. The summed E-state index contributed by atoms with van der Waals surface area (Å²) in [6.07, 6.45) is 4.28. The Morgan fingerprint density at radius 2 is 1.03 bits per heavy atom. The van der Waals surface area contributed by atoms with Crippen LogP contribution in [0.3, 0.4) is 0 Å². The Hall–Kier alpha value is -3.78. The van der Waals surface area contributed by atoms with Crippen LogP contribution in [0.5, 0.6) is 0 Å². The van der Waals surface area contributed by atoms with Crippen molar-refractivity contribution in [3.63, 3.8) is 0 Å². The number of nitrogens with zero attached hydrogens (tertiary/aromatic N) is 2. The predicted octanol–water partition coefficient (Wildman–Crippen LogP) is -1.03. The van der Waals surface area contributed by atoms with E-state index in [9.17, 15) is 28.8 Å². The highest BCUT2D eigenvalue weighted by Gasteiger charge is 2.22. The maximum Gasteiger partial charge on any atom is 0.320 e. The molecule has 0 aliphatic rings. The maximum absolute atomic E-state index is 12.1. The zero-order valence-corrected chi connectivity index (χ0v) is 20.8. The summed E-state index contributed by atoms with van der Waals surface area (Å²) in [6.45, 7) is 5.11. The molecule has 0 aliphatic heterocycles. The first-order valence-electron chi connectivity index (χ1n) is 11.6. The Morgan fingerprint density at radius 1 is 0.649 bits per heavy atom. The fraction of sp³-hybridized carbons (Fsp3) is 0.565. The van der Waals surface area contributed by atoms with Gasteiger partial charge >= 0.3 is 23.9 Å². The minimum atomic E-state index is -1.26. The third kappa shape index (κ3) is 20.1. The molecule has 4 N–H and O–H groups in total. The third-order valence-corrected chi connectivity index (χ3v) is 4.46. The molecule has 0 fully saturated rings. The van der Waals surface area contributed by atoms with Crippen molar-refractivity contribution >= 4 is 35.7 Å². The highest BCUT2D eigenvalue weighted by Crippen LogP contribution is 2.00.